The van der Waals surface area contributed by atoms with Crippen molar-refractivity contribution in [2.45, 2.75) is 64.1 Å². The Labute approximate surface area is 110 Å². The van der Waals surface area contributed by atoms with Crippen molar-refractivity contribution in [2.24, 2.45) is 0 Å². The monoisotopic (exact) mass is 254 g/mol. The Bertz CT molecular complexity index is 297. The van der Waals surface area contributed by atoms with E-state index in [2.05, 4.69) is 10.2 Å². The number of ether oxygens (including phenoxy) is 1. The Morgan fingerprint density at radius 2 is 2.06 bits per heavy atom. The zero-order valence-corrected chi connectivity index (χ0v) is 11.9. The molecule has 0 radical (unpaired) electrons. The van der Waals surface area contributed by atoms with Crippen LogP contribution in [0.5, 0.6) is 0 Å². The zero-order valence-electron chi connectivity index (χ0n) is 11.9. The van der Waals surface area contributed by atoms with Gasteiger partial charge in [-0.3, -0.25) is 9.69 Å². The van der Waals surface area contributed by atoms with Gasteiger partial charge in [-0.1, -0.05) is 12.8 Å². The third-order valence-electron chi connectivity index (χ3n) is 3.71. The van der Waals surface area contributed by atoms with Crippen LogP contribution in [0.2, 0.25) is 0 Å². The molecule has 1 amide bonds. The number of carbonyl (C=O) groups is 1. The highest BCUT2D eigenvalue weighted by Crippen LogP contribution is 2.28. The third kappa shape index (κ3) is 3.69. The number of fused-ring (bicyclic) bond motifs is 1. The lowest BCUT2D eigenvalue weighted by atomic mass is 9.90. The molecule has 0 aromatic carbocycles. The largest absolute Gasteiger partial charge is 0.375 e. The van der Waals surface area contributed by atoms with Crippen molar-refractivity contribution in [1.82, 2.24) is 10.2 Å². The Hall–Kier alpha value is -0.610. The Kier molecular flexibility index (Phi) is 4.28. The van der Waals surface area contributed by atoms with Crippen LogP contribution in [-0.2, 0) is 9.53 Å². The van der Waals surface area contributed by atoms with Gasteiger partial charge in [0, 0.05) is 18.1 Å². The second-order valence-corrected chi connectivity index (χ2v) is 6.53. The van der Waals surface area contributed by atoms with Gasteiger partial charge in [-0.2, -0.15) is 0 Å². The summed E-state index contributed by atoms with van der Waals surface area (Å²) in [5.41, 5.74) is -0.144. The van der Waals surface area contributed by atoms with Crippen molar-refractivity contribution in [3.8, 4) is 0 Å². The maximum absolute atomic E-state index is 12.0. The first-order valence-corrected chi connectivity index (χ1v) is 7.12. The van der Waals surface area contributed by atoms with Gasteiger partial charge in [-0.25, -0.2) is 0 Å². The third-order valence-corrected chi connectivity index (χ3v) is 3.71. The van der Waals surface area contributed by atoms with Crippen molar-refractivity contribution in [1.29, 1.82) is 0 Å². The predicted octanol–water partition coefficient (Wildman–Crippen LogP) is 1.54. The van der Waals surface area contributed by atoms with Gasteiger partial charge in [-0.15, -0.1) is 0 Å². The van der Waals surface area contributed by atoms with Gasteiger partial charge in [0.15, 0.2) is 0 Å². The summed E-state index contributed by atoms with van der Waals surface area (Å²) in [7, 11) is 0. The van der Waals surface area contributed by atoms with Crippen LogP contribution in [0.25, 0.3) is 0 Å². The summed E-state index contributed by atoms with van der Waals surface area (Å²) in [4.78, 5) is 14.3. The van der Waals surface area contributed by atoms with Crippen molar-refractivity contribution >= 4 is 5.91 Å². The van der Waals surface area contributed by atoms with Gasteiger partial charge in [0.05, 0.1) is 19.3 Å². The molecule has 0 spiro atoms. The van der Waals surface area contributed by atoms with Crippen LogP contribution in [0.3, 0.4) is 0 Å². The van der Waals surface area contributed by atoms with E-state index in [1.807, 2.05) is 20.8 Å². The van der Waals surface area contributed by atoms with Gasteiger partial charge >= 0.3 is 0 Å². The van der Waals surface area contributed by atoms with Crippen molar-refractivity contribution in [3.63, 3.8) is 0 Å². The quantitative estimate of drug-likeness (QED) is 0.813. The van der Waals surface area contributed by atoms with E-state index in [4.69, 9.17) is 4.74 Å². The highest BCUT2D eigenvalue weighted by molar-refractivity contribution is 5.78. The summed E-state index contributed by atoms with van der Waals surface area (Å²) in [6.45, 7) is 8.24. The first kappa shape index (κ1) is 13.8. The summed E-state index contributed by atoms with van der Waals surface area (Å²) in [5.74, 6) is 0.133. The maximum Gasteiger partial charge on any atom is 0.234 e. The Morgan fingerprint density at radius 1 is 1.33 bits per heavy atom. The van der Waals surface area contributed by atoms with Gasteiger partial charge in [0.25, 0.3) is 0 Å². The van der Waals surface area contributed by atoms with Crippen LogP contribution < -0.4 is 5.32 Å². The van der Waals surface area contributed by atoms with Gasteiger partial charge in [-0.05, 0) is 33.6 Å². The van der Waals surface area contributed by atoms with E-state index in [9.17, 15) is 4.79 Å². The summed E-state index contributed by atoms with van der Waals surface area (Å²) in [6, 6.07) is 0.457. The lowest BCUT2D eigenvalue weighted by molar-refractivity contribution is -0.130. The highest BCUT2D eigenvalue weighted by atomic mass is 16.5. The minimum Gasteiger partial charge on any atom is -0.375 e. The fraction of sp³-hybridized carbons (Fsp3) is 0.929. The minimum absolute atomic E-state index is 0.133. The first-order chi connectivity index (χ1) is 8.46. The summed E-state index contributed by atoms with van der Waals surface area (Å²) >= 11 is 0. The molecule has 1 saturated carbocycles. The average Bonchev–Trinajstić information content (AvgIpc) is 2.27. The molecule has 1 aliphatic carbocycles. The smallest absolute Gasteiger partial charge is 0.234 e. The predicted molar refractivity (Wildman–Crippen MR) is 71.5 cm³/mol. The molecule has 1 saturated heterocycles. The molecule has 1 N–H and O–H groups in total. The molecule has 104 valence electrons. The summed E-state index contributed by atoms with van der Waals surface area (Å²) in [6.07, 6.45) is 5.22. The molecule has 2 aliphatic rings. The van der Waals surface area contributed by atoms with Crippen molar-refractivity contribution < 1.29 is 9.53 Å². The zero-order chi connectivity index (χ0) is 13.2. The van der Waals surface area contributed by atoms with Gasteiger partial charge in [0.2, 0.25) is 5.91 Å². The lowest BCUT2D eigenvalue weighted by Crippen LogP contribution is -2.56. The lowest BCUT2D eigenvalue weighted by Gasteiger charge is -2.43. The topological polar surface area (TPSA) is 41.6 Å². The Morgan fingerprint density at radius 3 is 2.78 bits per heavy atom. The second-order valence-electron chi connectivity index (χ2n) is 6.53. The molecule has 0 aromatic heterocycles. The number of morpholine rings is 1. The second kappa shape index (κ2) is 5.57. The molecule has 0 aromatic rings. The van der Waals surface area contributed by atoms with Crippen LogP contribution >= 0.6 is 0 Å². The molecule has 1 aliphatic heterocycles. The van der Waals surface area contributed by atoms with Crippen LogP contribution in [0.15, 0.2) is 0 Å². The molecular formula is C14H26N2O2. The normalized spacial score (nSPS) is 29.7. The average molecular weight is 254 g/mol. The van der Waals surface area contributed by atoms with Crippen LogP contribution in [-0.4, -0.2) is 48.2 Å². The van der Waals surface area contributed by atoms with E-state index in [1.165, 1.54) is 19.3 Å². The number of hydrogen-bond acceptors (Lipinski definition) is 3. The highest BCUT2D eigenvalue weighted by Gasteiger charge is 2.35. The Balaban J connectivity index is 1.89. The van der Waals surface area contributed by atoms with Gasteiger partial charge < -0.3 is 10.1 Å². The summed E-state index contributed by atoms with van der Waals surface area (Å²) in [5, 5.41) is 3.04. The number of rotatable bonds is 2. The molecule has 4 nitrogen and oxygen atoms in total. The molecule has 2 atom stereocenters. The van der Waals surface area contributed by atoms with Crippen LogP contribution in [0, 0.1) is 0 Å². The standard InChI is InChI=1S/C14H26N2O2/c1-14(2,3)15-13(17)10-16-8-9-18-12-7-5-4-6-11(12)16/h11-12H,4-10H2,1-3H3,(H,15,17). The van der Waals surface area contributed by atoms with E-state index in [-0.39, 0.29) is 11.4 Å². The van der Waals surface area contributed by atoms with Crippen LogP contribution in [0.4, 0.5) is 0 Å². The molecule has 2 rings (SSSR count). The van der Waals surface area contributed by atoms with E-state index in [0.717, 1.165) is 19.6 Å². The molecule has 4 heteroatoms. The number of amides is 1. The molecular weight excluding hydrogens is 228 g/mol. The number of hydrogen-bond donors (Lipinski definition) is 1. The maximum atomic E-state index is 12.0. The van der Waals surface area contributed by atoms with Crippen molar-refractivity contribution in [2.75, 3.05) is 19.7 Å². The van der Waals surface area contributed by atoms with E-state index in [0.29, 0.717) is 18.7 Å². The minimum atomic E-state index is -0.144. The summed E-state index contributed by atoms with van der Waals surface area (Å²) < 4.78 is 5.82. The fourth-order valence-electron chi connectivity index (χ4n) is 3.02. The SMILES string of the molecule is CC(C)(C)NC(=O)CN1CCOC2CCCCC21. The molecule has 2 unspecified atom stereocenters. The number of nitrogens with zero attached hydrogens (tertiary/aromatic N) is 1. The first-order valence-electron chi connectivity index (χ1n) is 7.12. The molecule has 1 heterocycles. The van der Waals surface area contributed by atoms with Crippen molar-refractivity contribution in [3.05, 3.63) is 0 Å². The molecule has 18 heavy (non-hydrogen) atoms. The molecule has 2 fully saturated rings. The van der Waals surface area contributed by atoms with Crippen LogP contribution in [0.1, 0.15) is 46.5 Å². The number of carbonyl (C=O) groups excluding carboxylic acids is 1. The van der Waals surface area contributed by atoms with E-state index < -0.39 is 0 Å². The fourth-order valence-corrected chi connectivity index (χ4v) is 3.02. The molecule has 0 bridgehead atoms. The van der Waals surface area contributed by atoms with E-state index >= 15 is 0 Å². The van der Waals surface area contributed by atoms with E-state index in [1.54, 1.807) is 0 Å². The number of nitrogens with one attached hydrogen (secondary N) is 1. The van der Waals surface area contributed by atoms with Gasteiger partial charge in [0.1, 0.15) is 0 Å².